The molecule has 7 nitrogen and oxygen atoms in total. The molecule has 3 aromatic carbocycles. The Balaban J connectivity index is 1.54. The molecule has 0 N–H and O–H groups in total. The highest BCUT2D eigenvalue weighted by molar-refractivity contribution is 7.89. The van der Waals surface area contributed by atoms with E-state index in [0.717, 1.165) is 11.1 Å². The lowest BCUT2D eigenvalue weighted by Gasteiger charge is -2.37. The number of ether oxygens (including phenoxy) is 1. The Labute approximate surface area is 242 Å². The SMILES string of the molecule is COC(=O)C1(c2cccc(Cl)c2)CCN(C(=O)C2Cc3ccccc3CN2S(=O)(=O)c2c(Cl)cccc2Cl)C1. The van der Waals surface area contributed by atoms with Crippen molar-refractivity contribution >= 4 is 56.7 Å². The highest BCUT2D eigenvalue weighted by Gasteiger charge is 2.51. The quantitative estimate of drug-likeness (QED) is 0.377. The van der Waals surface area contributed by atoms with Crippen molar-refractivity contribution in [2.24, 2.45) is 0 Å². The van der Waals surface area contributed by atoms with Crippen molar-refractivity contribution in [3.63, 3.8) is 0 Å². The number of sulfonamides is 1. The number of esters is 1. The van der Waals surface area contributed by atoms with Gasteiger partial charge in [0.1, 0.15) is 16.4 Å². The van der Waals surface area contributed by atoms with Crippen molar-refractivity contribution < 1.29 is 22.7 Å². The first-order valence-electron chi connectivity index (χ1n) is 12.2. The first-order valence-corrected chi connectivity index (χ1v) is 14.8. The van der Waals surface area contributed by atoms with Crippen LogP contribution in [0.2, 0.25) is 15.1 Å². The topological polar surface area (TPSA) is 84.0 Å². The van der Waals surface area contributed by atoms with Crippen molar-refractivity contribution in [2.45, 2.75) is 35.7 Å². The Morgan fingerprint density at radius 1 is 0.949 bits per heavy atom. The second kappa shape index (κ2) is 10.7. The van der Waals surface area contributed by atoms with E-state index in [1.807, 2.05) is 24.3 Å². The zero-order valence-corrected chi connectivity index (χ0v) is 24.0. The molecule has 11 heteroatoms. The molecule has 204 valence electrons. The summed E-state index contributed by atoms with van der Waals surface area (Å²) in [4.78, 5) is 28.5. The maximum absolute atomic E-state index is 14.1. The molecule has 2 heterocycles. The predicted octanol–water partition coefficient (Wildman–Crippen LogP) is 5.11. The molecule has 0 spiro atoms. The smallest absolute Gasteiger partial charge is 0.318 e. The second-order valence-corrected chi connectivity index (χ2v) is 12.8. The number of hydrogen-bond acceptors (Lipinski definition) is 5. The first kappa shape index (κ1) is 27.9. The van der Waals surface area contributed by atoms with E-state index in [1.54, 1.807) is 30.3 Å². The van der Waals surface area contributed by atoms with Crippen LogP contribution < -0.4 is 0 Å². The minimum absolute atomic E-state index is 0.0255. The van der Waals surface area contributed by atoms with Crippen LogP contribution in [0.25, 0.3) is 0 Å². The summed E-state index contributed by atoms with van der Waals surface area (Å²) < 4.78 is 34.3. The number of fused-ring (bicyclic) bond motifs is 1. The summed E-state index contributed by atoms with van der Waals surface area (Å²) in [5, 5.41) is 0.400. The summed E-state index contributed by atoms with van der Waals surface area (Å²) in [6.45, 7) is 0.234. The van der Waals surface area contributed by atoms with Crippen LogP contribution in [-0.2, 0) is 42.7 Å². The van der Waals surface area contributed by atoms with Gasteiger partial charge in [0.2, 0.25) is 15.9 Å². The third kappa shape index (κ3) is 4.93. The maximum Gasteiger partial charge on any atom is 0.318 e. The molecular weight excluding hydrogens is 583 g/mol. The number of hydrogen-bond donors (Lipinski definition) is 0. The molecule has 39 heavy (non-hydrogen) atoms. The van der Waals surface area contributed by atoms with Gasteiger partial charge in [-0.1, -0.05) is 77.3 Å². The van der Waals surface area contributed by atoms with Crippen molar-refractivity contribution in [1.29, 1.82) is 0 Å². The van der Waals surface area contributed by atoms with E-state index in [4.69, 9.17) is 39.5 Å². The Hall–Kier alpha value is -2.62. The molecular formula is C28H25Cl3N2O5S. The van der Waals surface area contributed by atoms with Gasteiger partial charge in [-0.3, -0.25) is 9.59 Å². The standard InChI is InChI=1S/C28H25Cl3N2O5S/c1-38-27(35)28(20-8-4-9-21(29)15-20)12-13-32(17-28)26(34)24-14-18-6-2-3-7-19(18)16-33(24)39(36,37)25-22(30)10-5-11-23(25)31/h2-11,15,24H,12-14,16-17H2,1H3. The fourth-order valence-corrected chi connectivity index (χ4v) is 8.36. The summed E-state index contributed by atoms with van der Waals surface area (Å²) in [6, 6.07) is 17.7. The van der Waals surface area contributed by atoms with E-state index in [-0.39, 0.29) is 41.0 Å². The number of halogens is 3. The number of carbonyl (C=O) groups excluding carboxylic acids is 2. The predicted molar refractivity (Wildman–Crippen MR) is 149 cm³/mol. The minimum atomic E-state index is -4.28. The average molecular weight is 608 g/mol. The number of amides is 1. The zero-order chi connectivity index (χ0) is 27.9. The van der Waals surface area contributed by atoms with Crippen LogP contribution >= 0.6 is 34.8 Å². The van der Waals surface area contributed by atoms with Gasteiger partial charge in [0.05, 0.1) is 17.2 Å². The van der Waals surface area contributed by atoms with Crippen LogP contribution in [0.1, 0.15) is 23.1 Å². The summed E-state index contributed by atoms with van der Waals surface area (Å²) in [7, 11) is -2.98. The van der Waals surface area contributed by atoms with Crippen molar-refractivity contribution in [2.75, 3.05) is 20.2 Å². The molecule has 2 unspecified atom stereocenters. The van der Waals surface area contributed by atoms with Gasteiger partial charge in [0.25, 0.3) is 0 Å². The number of nitrogens with zero attached hydrogens (tertiary/aromatic N) is 2. The van der Waals surface area contributed by atoms with Gasteiger partial charge in [0.15, 0.2) is 0 Å². The fraction of sp³-hybridized carbons (Fsp3) is 0.286. The fourth-order valence-electron chi connectivity index (χ4n) is 5.52. The molecule has 1 fully saturated rings. The molecule has 0 saturated carbocycles. The Kier molecular flexibility index (Phi) is 7.70. The van der Waals surface area contributed by atoms with E-state index >= 15 is 0 Å². The molecule has 0 bridgehead atoms. The molecule has 1 amide bonds. The van der Waals surface area contributed by atoms with Gasteiger partial charge in [0, 0.05) is 24.7 Å². The molecule has 0 radical (unpaired) electrons. The molecule has 2 aliphatic rings. The lowest BCUT2D eigenvalue weighted by molar-refractivity contribution is -0.147. The van der Waals surface area contributed by atoms with Crippen LogP contribution in [0.5, 0.6) is 0 Å². The van der Waals surface area contributed by atoms with Gasteiger partial charge in [-0.2, -0.15) is 4.31 Å². The molecule has 1 saturated heterocycles. The number of benzene rings is 3. The molecule has 0 aromatic heterocycles. The average Bonchev–Trinajstić information content (AvgIpc) is 3.38. The molecule has 2 atom stereocenters. The van der Waals surface area contributed by atoms with Crippen LogP contribution in [-0.4, -0.2) is 55.7 Å². The normalized spacial score (nSPS) is 21.4. The second-order valence-electron chi connectivity index (χ2n) is 9.68. The molecule has 5 rings (SSSR count). The van der Waals surface area contributed by atoms with E-state index < -0.39 is 33.4 Å². The third-order valence-electron chi connectivity index (χ3n) is 7.51. The van der Waals surface area contributed by atoms with Gasteiger partial charge in [-0.05, 0) is 53.8 Å². The van der Waals surface area contributed by atoms with Crippen molar-refractivity contribution in [1.82, 2.24) is 9.21 Å². The van der Waals surface area contributed by atoms with Crippen LogP contribution in [0.4, 0.5) is 0 Å². The lowest BCUT2D eigenvalue weighted by atomic mass is 9.79. The lowest BCUT2D eigenvalue weighted by Crippen LogP contribution is -2.54. The molecule has 0 aliphatic carbocycles. The summed E-state index contributed by atoms with van der Waals surface area (Å²) in [5.41, 5.74) is 1.18. The third-order valence-corrected chi connectivity index (χ3v) is 10.6. The van der Waals surface area contributed by atoms with Crippen LogP contribution in [0.3, 0.4) is 0 Å². The zero-order valence-electron chi connectivity index (χ0n) is 20.9. The summed E-state index contributed by atoms with van der Waals surface area (Å²) in [6.07, 6.45) is 0.466. The Morgan fingerprint density at radius 3 is 2.28 bits per heavy atom. The summed E-state index contributed by atoms with van der Waals surface area (Å²) >= 11 is 18.8. The van der Waals surface area contributed by atoms with Gasteiger partial charge in [-0.15, -0.1) is 0 Å². The summed E-state index contributed by atoms with van der Waals surface area (Å²) in [5.74, 6) is -0.898. The minimum Gasteiger partial charge on any atom is -0.468 e. The highest BCUT2D eigenvalue weighted by Crippen LogP contribution is 2.40. The van der Waals surface area contributed by atoms with Crippen LogP contribution in [0, 0.1) is 0 Å². The monoisotopic (exact) mass is 606 g/mol. The molecule has 2 aliphatic heterocycles. The van der Waals surface area contributed by atoms with E-state index in [9.17, 15) is 18.0 Å². The van der Waals surface area contributed by atoms with E-state index in [2.05, 4.69) is 0 Å². The van der Waals surface area contributed by atoms with Gasteiger partial charge >= 0.3 is 5.97 Å². The Bertz CT molecular complexity index is 1540. The number of carbonyl (C=O) groups is 2. The number of methoxy groups -OCH3 is 1. The highest BCUT2D eigenvalue weighted by atomic mass is 35.5. The number of rotatable bonds is 5. The largest absolute Gasteiger partial charge is 0.468 e. The van der Waals surface area contributed by atoms with Crippen molar-refractivity contribution in [3.05, 3.63) is 98.5 Å². The van der Waals surface area contributed by atoms with Gasteiger partial charge < -0.3 is 9.64 Å². The van der Waals surface area contributed by atoms with Crippen LogP contribution in [0.15, 0.2) is 71.6 Å². The van der Waals surface area contributed by atoms with Crippen molar-refractivity contribution in [3.8, 4) is 0 Å². The van der Waals surface area contributed by atoms with E-state index in [0.29, 0.717) is 17.0 Å². The Morgan fingerprint density at radius 2 is 1.62 bits per heavy atom. The number of likely N-dealkylation sites (tertiary alicyclic amines) is 1. The van der Waals surface area contributed by atoms with E-state index in [1.165, 1.54) is 28.4 Å². The maximum atomic E-state index is 14.1. The van der Waals surface area contributed by atoms with Gasteiger partial charge in [-0.25, -0.2) is 8.42 Å². The first-order chi connectivity index (χ1) is 18.6. The molecule has 3 aromatic rings.